The standard InChI is InChI=1S/C14H20BrClO/c1-3-14(4-2,10-15)11-17-9-12-6-5-7-13(16)8-12/h5-8H,3-4,9-11H2,1-2H3. The van der Waals surface area contributed by atoms with Crippen LogP contribution >= 0.6 is 27.5 Å². The van der Waals surface area contributed by atoms with Gasteiger partial charge >= 0.3 is 0 Å². The van der Waals surface area contributed by atoms with Crippen molar-refractivity contribution < 1.29 is 4.74 Å². The maximum absolute atomic E-state index is 5.93. The lowest BCUT2D eigenvalue weighted by Crippen LogP contribution is -2.27. The molecule has 0 spiro atoms. The summed E-state index contributed by atoms with van der Waals surface area (Å²) in [4.78, 5) is 0. The Morgan fingerprint density at radius 2 is 2.00 bits per heavy atom. The summed E-state index contributed by atoms with van der Waals surface area (Å²) in [5, 5.41) is 1.76. The van der Waals surface area contributed by atoms with Gasteiger partial charge in [0.25, 0.3) is 0 Å². The largest absolute Gasteiger partial charge is 0.376 e. The molecule has 1 aromatic carbocycles. The average molecular weight is 320 g/mol. The number of ether oxygens (including phenoxy) is 1. The van der Waals surface area contributed by atoms with Gasteiger partial charge < -0.3 is 4.74 Å². The van der Waals surface area contributed by atoms with E-state index in [9.17, 15) is 0 Å². The fourth-order valence-corrected chi connectivity index (χ4v) is 2.86. The van der Waals surface area contributed by atoms with Gasteiger partial charge in [-0.05, 0) is 30.5 Å². The molecule has 0 bridgehead atoms. The first-order valence-corrected chi connectivity index (χ1v) is 7.54. The molecular formula is C14H20BrClO. The molecular weight excluding hydrogens is 300 g/mol. The molecule has 0 saturated carbocycles. The highest BCUT2D eigenvalue weighted by molar-refractivity contribution is 9.09. The molecule has 0 aromatic heterocycles. The third-order valence-electron chi connectivity index (χ3n) is 3.35. The molecule has 0 radical (unpaired) electrons. The number of hydrogen-bond donors (Lipinski definition) is 0. The first kappa shape index (κ1) is 15.0. The van der Waals surface area contributed by atoms with Crippen molar-refractivity contribution in [3.05, 3.63) is 34.9 Å². The second-order valence-electron chi connectivity index (χ2n) is 4.46. The summed E-state index contributed by atoms with van der Waals surface area (Å²) >= 11 is 9.52. The van der Waals surface area contributed by atoms with Crippen LogP contribution in [-0.4, -0.2) is 11.9 Å². The highest BCUT2D eigenvalue weighted by Gasteiger charge is 2.24. The lowest BCUT2D eigenvalue weighted by atomic mass is 9.86. The van der Waals surface area contributed by atoms with Crippen LogP contribution in [0.5, 0.6) is 0 Å². The minimum atomic E-state index is 0.262. The predicted molar refractivity (Wildman–Crippen MR) is 77.9 cm³/mol. The van der Waals surface area contributed by atoms with Crippen molar-refractivity contribution in [1.29, 1.82) is 0 Å². The van der Waals surface area contributed by atoms with Gasteiger partial charge in [-0.2, -0.15) is 0 Å². The topological polar surface area (TPSA) is 9.23 Å². The third kappa shape index (κ3) is 4.61. The van der Waals surface area contributed by atoms with E-state index in [1.165, 1.54) is 0 Å². The number of alkyl halides is 1. The van der Waals surface area contributed by atoms with Gasteiger partial charge in [-0.3, -0.25) is 0 Å². The van der Waals surface area contributed by atoms with E-state index < -0.39 is 0 Å². The summed E-state index contributed by atoms with van der Waals surface area (Å²) in [6.45, 7) is 5.86. The molecule has 0 N–H and O–H groups in total. The maximum Gasteiger partial charge on any atom is 0.0717 e. The first-order valence-electron chi connectivity index (χ1n) is 6.04. The van der Waals surface area contributed by atoms with Crippen LogP contribution < -0.4 is 0 Å². The predicted octanol–water partition coefficient (Wildman–Crippen LogP) is 5.06. The Kier molecular flexibility index (Phi) is 6.53. The van der Waals surface area contributed by atoms with Crippen molar-refractivity contribution >= 4 is 27.5 Å². The number of halogens is 2. The summed E-state index contributed by atoms with van der Waals surface area (Å²) in [7, 11) is 0. The van der Waals surface area contributed by atoms with E-state index in [0.717, 1.165) is 35.4 Å². The summed E-state index contributed by atoms with van der Waals surface area (Å²) < 4.78 is 5.82. The Balaban J connectivity index is 2.46. The average Bonchev–Trinajstić information content (AvgIpc) is 2.35. The van der Waals surface area contributed by atoms with Crippen LogP contribution in [0.1, 0.15) is 32.3 Å². The molecule has 0 aliphatic carbocycles. The number of hydrogen-bond acceptors (Lipinski definition) is 1. The molecule has 0 aliphatic rings. The molecule has 1 nitrogen and oxygen atoms in total. The van der Waals surface area contributed by atoms with Crippen LogP contribution in [-0.2, 0) is 11.3 Å². The Morgan fingerprint density at radius 1 is 1.29 bits per heavy atom. The summed E-state index contributed by atoms with van der Waals surface area (Å²) in [6.07, 6.45) is 2.26. The highest BCUT2D eigenvalue weighted by atomic mass is 79.9. The van der Waals surface area contributed by atoms with Gasteiger partial charge in [0.15, 0.2) is 0 Å². The molecule has 1 aromatic rings. The van der Waals surface area contributed by atoms with Gasteiger partial charge in [0.05, 0.1) is 13.2 Å². The monoisotopic (exact) mass is 318 g/mol. The minimum Gasteiger partial charge on any atom is -0.376 e. The van der Waals surface area contributed by atoms with E-state index in [4.69, 9.17) is 16.3 Å². The van der Waals surface area contributed by atoms with Crippen molar-refractivity contribution in [2.45, 2.75) is 33.3 Å². The van der Waals surface area contributed by atoms with E-state index in [1.54, 1.807) is 0 Å². The zero-order valence-electron chi connectivity index (χ0n) is 10.5. The fraction of sp³-hybridized carbons (Fsp3) is 0.571. The van der Waals surface area contributed by atoms with E-state index >= 15 is 0 Å². The Morgan fingerprint density at radius 3 is 2.53 bits per heavy atom. The van der Waals surface area contributed by atoms with Gasteiger partial charge in [0.2, 0.25) is 0 Å². The lowest BCUT2D eigenvalue weighted by molar-refractivity contribution is 0.0413. The van der Waals surface area contributed by atoms with E-state index in [-0.39, 0.29) is 5.41 Å². The lowest BCUT2D eigenvalue weighted by Gasteiger charge is -2.29. The molecule has 0 amide bonds. The van der Waals surface area contributed by atoms with E-state index in [1.807, 2.05) is 24.3 Å². The van der Waals surface area contributed by atoms with Crippen LogP contribution in [0.25, 0.3) is 0 Å². The molecule has 0 unspecified atom stereocenters. The second-order valence-corrected chi connectivity index (χ2v) is 5.46. The van der Waals surface area contributed by atoms with Crippen LogP contribution in [0, 0.1) is 5.41 Å². The van der Waals surface area contributed by atoms with Crippen molar-refractivity contribution in [2.75, 3.05) is 11.9 Å². The molecule has 0 heterocycles. The van der Waals surface area contributed by atoms with Gasteiger partial charge in [0, 0.05) is 15.8 Å². The smallest absolute Gasteiger partial charge is 0.0717 e. The van der Waals surface area contributed by atoms with Crippen molar-refractivity contribution in [3.8, 4) is 0 Å². The number of benzene rings is 1. The number of rotatable bonds is 7. The fourth-order valence-electron chi connectivity index (χ4n) is 1.69. The van der Waals surface area contributed by atoms with Crippen molar-refractivity contribution in [3.63, 3.8) is 0 Å². The SMILES string of the molecule is CCC(CC)(CBr)COCc1cccc(Cl)c1. The molecule has 3 heteroatoms. The maximum atomic E-state index is 5.93. The molecule has 0 fully saturated rings. The van der Waals surface area contributed by atoms with Crippen LogP contribution in [0.2, 0.25) is 5.02 Å². The summed E-state index contributed by atoms with van der Waals surface area (Å²) in [5.41, 5.74) is 1.40. The van der Waals surface area contributed by atoms with Gasteiger partial charge in [-0.1, -0.05) is 53.5 Å². The Hall–Kier alpha value is -0.0500. The van der Waals surface area contributed by atoms with Crippen LogP contribution in [0.15, 0.2) is 24.3 Å². The zero-order chi connectivity index (χ0) is 12.7. The van der Waals surface area contributed by atoms with Gasteiger partial charge in [-0.25, -0.2) is 0 Å². The Labute approximate surface area is 118 Å². The highest BCUT2D eigenvalue weighted by Crippen LogP contribution is 2.29. The Bertz CT molecular complexity index is 328. The van der Waals surface area contributed by atoms with Crippen molar-refractivity contribution in [1.82, 2.24) is 0 Å². The van der Waals surface area contributed by atoms with E-state index in [0.29, 0.717) is 6.61 Å². The quantitative estimate of drug-likeness (QED) is 0.638. The third-order valence-corrected chi connectivity index (χ3v) is 4.77. The van der Waals surface area contributed by atoms with Crippen molar-refractivity contribution in [2.24, 2.45) is 5.41 Å². The summed E-state index contributed by atoms with van der Waals surface area (Å²) in [5.74, 6) is 0. The van der Waals surface area contributed by atoms with Crippen LogP contribution in [0.4, 0.5) is 0 Å². The molecule has 0 saturated heterocycles. The van der Waals surface area contributed by atoms with Crippen LogP contribution in [0.3, 0.4) is 0 Å². The minimum absolute atomic E-state index is 0.262. The zero-order valence-corrected chi connectivity index (χ0v) is 12.9. The van der Waals surface area contributed by atoms with E-state index in [2.05, 4.69) is 29.8 Å². The normalized spacial score (nSPS) is 11.8. The summed E-state index contributed by atoms with van der Waals surface area (Å²) in [6, 6.07) is 7.83. The molecule has 0 aliphatic heterocycles. The molecule has 17 heavy (non-hydrogen) atoms. The molecule has 0 atom stereocenters. The first-order chi connectivity index (χ1) is 8.15. The van der Waals surface area contributed by atoms with Gasteiger partial charge in [-0.15, -0.1) is 0 Å². The second kappa shape index (κ2) is 7.40. The molecule has 96 valence electrons. The van der Waals surface area contributed by atoms with Gasteiger partial charge in [0.1, 0.15) is 0 Å². The molecule has 1 rings (SSSR count).